The molecule has 3 rings (SSSR count). The first-order chi connectivity index (χ1) is 13.2. The van der Waals surface area contributed by atoms with Gasteiger partial charge in [-0.25, -0.2) is 0 Å². The van der Waals surface area contributed by atoms with Crippen LogP contribution in [0.1, 0.15) is 28.4 Å². The van der Waals surface area contributed by atoms with E-state index in [1.165, 1.54) is 14.2 Å². The van der Waals surface area contributed by atoms with Crippen molar-refractivity contribution in [3.05, 3.63) is 71.8 Å². The molecule has 0 aromatic heterocycles. The Kier molecular flexibility index (Phi) is 5.94. The molecule has 3 aromatic carbocycles. The molecule has 0 radical (unpaired) electrons. The van der Waals surface area contributed by atoms with E-state index in [1.54, 1.807) is 18.2 Å². The maximum absolute atomic E-state index is 12.6. The first-order valence-corrected chi connectivity index (χ1v) is 8.80. The molecule has 1 unspecified atom stereocenters. The Hall–Kier alpha value is -3.05. The van der Waals surface area contributed by atoms with Crippen LogP contribution in [0.15, 0.2) is 60.7 Å². The minimum absolute atomic E-state index is 0.297. The molecule has 0 aliphatic rings. The largest absolute Gasteiger partial charge is 0.496 e. The van der Waals surface area contributed by atoms with E-state index in [2.05, 4.69) is 5.32 Å². The highest BCUT2D eigenvalue weighted by Crippen LogP contribution is 2.28. The summed E-state index contributed by atoms with van der Waals surface area (Å²) < 4.78 is 10.5. The van der Waals surface area contributed by atoms with Gasteiger partial charge in [-0.1, -0.05) is 48.5 Å². The van der Waals surface area contributed by atoms with Gasteiger partial charge in [0.15, 0.2) is 0 Å². The first-order valence-electron chi connectivity index (χ1n) is 8.80. The zero-order chi connectivity index (χ0) is 19.2. The second-order valence-electron chi connectivity index (χ2n) is 6.17. The Bertz CT molecular complexity index is 911. The number of nitrogens with one attached hydrogen (secondary N) is 1. The quantitative estimate of drug-likeness (QED) is 0.670. The van der Waals surface area contributed by atoms with Gasteiger partial charge in [-0.15, -0.1) is 0 Å². The van der Waals surface area contributed by atoms with Gasteiger partial charge in [0.1, 0.15) is 17.1 Å². The minimum Gasteiger partial charge on any atom is -0.496 e. The molecule has 0 saturated heterocycles. The Labute approximate surface area is 158 Å². The van der Waals surface area contributed by atoms with Gasteiger partial charge < -0.3 is 19.9 Å². The molecule has 5 heteroatoms. The molecule has 1 atom stereocenters. The van der Waals surface area contributed by atoms with Gasteiger partial charge in [0.05, 0.1) is 20.3 Å². The fraction of sp³-hybridized carbons (Fsp3) is 0.227. The van der Waals surface area contributed by atoms with Gasteiger partial charge in [-0.3, -0.25) is 4.79 Å². The molecule has 27 heavy (non-hydrogen) atoms. The molecular weight excluding hydrogens is 342 g/mol. The van der Waals surface area contributed by atoms with Crippen molar-refractivity contribution in [3.63, 3.8) is 0 Å². The van der Waals surface area contributed by atoms with Crippen molar-refractivity contribution in [1.82, 2.24) is 5.32 Å². The summed E-state index contributed by atoms with van der Waals surface area (Å²) >= 11 is 0. The molecule has 0 aliphatic carbocycles. The van der Waals surface area contributed by atoms with Gasteiger partial charge in [-0.05, 0) is 34.9 Å². The number of hydrogen-bond acceptors (Lipinski definition) is 4. The third-order valence-corrected chi connectivity index (χ3v) is 4.54. The third kappa shape index (κ3) is 4.04. The number of aliphatic hydroxyl groups excluding tert-OH is 1. The molecule has 5 nitrogen and oxygen atoms in total. The zero-order valence-electron chi connectivity index (χ0n) is 15.4. The molecule has 0 spiro atoms. The van der Waals surface area contributed by atoms with E-state index in [1.807, 2.05) is 42.5 Å². The number of rotatable bonds is 7. The number of hydrogen-bond donors (Lipinski definition) is 2. The average molecular weight is 365 g/mol. The summed E-state index contributed by atoms with van der Waals surface area (Å²) in [5, 5.41) is 15.5. The normalized spacial score (nSPS) is 11.8. The molecule has 2 N–H and O–H groups in total. The first kappa shape index (κ1) is 18.7. The molecule has 0 heterocycles. The number of aliphatic hydroxyl groups is 1. The van der Waals surface area contributed by atoms with Crippen molar-refractivity contribution in [2.45, 2.75) is 12.5 Å². The van der Waals surface area contributed by atoms with Crippen LogP contribution in [-0.4, -0.2) is 31.8 Å². The second-order valence-corrected chi connectivity index (χ2v) is 6.17. The second kappa shape index (κ2) is 8.56. The molecule has 0 fully saturated rings. The molecule has 0 aliphatic heterocycles. The van der Waals surface area contributed by atoms with Crippen LogP contribution in [0, 0.1) is 0 Å². The fourth-order valence-corrected chi connectivity index (χ4v) is 3.18. The van der Waals surface area contributed by atoms with Gasteiger partial charge >= 0.3 is 0 Å². The van der Waals surface area contributed by atoms with E-state index in [4.69, 9.17) is 9.47 Å². The monoisotopic (exact) mass is 365 g/mol. The topological polar surface area (TPSA) is 67.8 Å². The van der Waals surface area contributed by atoms with E-state index in [0.29, 0.717) is 30.0 Å². The summed E-state index contributed by atoms with van der Waals surface area (Å²) in [6.45, 7) is 0.324. The highest BCUT2D eigenvalue weighted by Gasteiger charge is 2.18. The molecular formula is C22H23NO4. The van der Waals surface area contributed by atoms with E-state index >= 15 is 0 Å². The van der Waals surface area contributed by atoms with Crippen LogP contribution in [0.4, 0.5) is 0 Å². The van der Waals surface area contributed by atoms with Crippen LogP contribution in [-0.2, 0) is 0 Å². The Morgan fingerprint density at radius 1 is 0.963 bits per heavy atom. The number of fused-ring (bicyclic) bond motifs is 1. The molecule has 1 amide bonds. The minimum atomic E-state index is -0.670. The van der Waals surface area contributed by atoms with Gasteiger partial charge in [0.2, 0.25) is 0 Å². The molecule has 0 saturated carbocycles. The van der Waals surface area contributed by atoms with E-state index < -0.39 is 6.10 Å². The summed E-state index contributed by atoms with van der Waals surface area (Å²) in [5.41, 5.74) is 1.21. The highest BCUT2D eigenvalue weighted by molar-refractivity contribution is 5.99. The van der Waals surface area contributed by atoms with Crippen molar-refractivity contribution in [3.8, 4) is 11.5 Å². The van der Waals surface area contributed by atoms with Gasteiger partial charge in [0, 0.05) is 6.54 Å². The van der Waals surface area contributed by atoms with Crippen molar-refractivity contribution < 1.29 is 19.4 Å². The van der Waals surface area contributed by atoms with Crippen molar-refractivity contribution in [2.75, 3.05) is 20.8 Å². The number of methoxy groups -OCH3 is 2. The van der Waals surface area contributed by atoms with Crippen LogP contribution in [0.2, 0.25) is 0 Å². The van der Waals surface area contributed by atoms with Crippen LogP contribution >= 0.6 is 0 Å². The molecule has 140 valence electrons. The summed E-state index contributed by atoms with van der Waals surface area (Å²) in [6.07, 6.45) is -0.270. The lowest BCUT2D eigenvalue weighted by Crippen LogP contribution is -2.26. The third-order valence-electron chi connectivity index (χ3n) is 4.54. The predicted molar refractivity (Wildman–Crippen MR) is 105 cm³/mol. The summed E-state index contributed by atoms with van der Waals surface area (Å²) in [5.74, 6) is 0.595. The van der Waals surface area contributed by atoms with E-state index in [-0.39, 0.29) is 5.91 Å². The maximum atomic E-state index is 12.6. The van der Waals surface area contributed by atoms with Crippen LogP contribution in [0.5, 0.6) is 11.5 Å². The lowest BCUT2D eigenvalue weighted by Gasteiger charge is -2.16. The molecule has 3 aromatic rings. The lowest BCUT2D eigenvalue weighted by atomic mass is 9.99. The van der Waals surface area contributed by atoms with Crippen LogP contribution in [0.3, 0.4) is 0 Å². The number of amides is 1. The highest BCUT2D eigenvalue weighted by atomic mass is 16.5. The number of carbonyl (C=O) groups excluding carboxylic acids is 1. The summed E-state index contributed by atoms with van der Waals surface area (Å²) in [7, 11) is 3.02. The lowest BCUT2D eigenvalue weighted by molar-refractivity contribution is 0.0936. The molecule has 0 bridgehead atoms. The maximum Gasteiger partial charge on any atom is 0.258 e. The Balaban J connectivity index is 1.69. The zero-order valence-corrected chi connectivity index (χ0v) is 15.4. The standard InChI is InChI=1S/C22H23NO4/c1-26-19-11-6-12-20(27-2)21(19)22(25)23-14-13-18(24)17-10-5-8-15-7-3-4-9-16(15)17/h3-12,18,24H,13-14H2,1-2H3,(H,23,25). The van der Waals surface area contributed by atoms with E-state index in [9.17, 15) is 9.90 Å². The number of ether oxygens (including phenoxy) is 2. The van der Waals surface area contributed by atoms with Crippen LogP contribution in [0.25, 0.3) is 10.8 Å². The number of carbonyl (C=O) groups is 1. The number of benzene rings is 3. The van der Waals surface area contributed by atoms with Crippen molar-refractivity contribution in [2.24, 2.45) is 0 Å². The Morgan fingerprint density at radius 3 is 2.30 bits per heavy atom. The fourth-order valence-electron chi connectivity index (χ4n) is 3.18. The van der Waals surface area contributed by atoms with Gasteiger partial charge in [-0.2, -0.15) is 0 Å². The average Bonchev–Trinajstić information content (AvgIpc) is 2.72. The Morgan fingerprint density at radius 2 is 1.59 bits per heavy atom. The van der Waals surface area contributed by atoms with Crippen molar-refractivity contribution >= 4 is 16.7 Å². The van der Waals surface area contributed by atoms with E-state index in [0.717, 1.165) is 16.3 Å². The smallest absolute Gasteiger partial charge is 0.258 e. The van der Waals surface area contributed by atoms with Crippen molar-refractivity contribution in [1.29, 1.82) is 0 Å². The van der Waals surface area contributed by atoms with Gasteiger partial charge in [0.25, 0.3) is 5.91 Å². The SMILES string of the molecule is COc1cccc(OC)c1C(=O)NCCC(O)c1cccc2ccccc12. The summed E-state index contributed by atoms with van der Waals surface area (Å²) in [6, 6.07) is 19.0. The predicted octanol–water partition coefficient (Wildman–Crippen LogP) is 3.71. The summed E-state index contributed by atoms with van der Waals surface area (Å²) in [4.78, 5) is 12.6. The van der Waals surface area contributed by atoms with Crippen LogP contribution < -0.4 is 14.8 Å².